The topological polar surface area (TPSA) is 94.8 Å². The first kappa shape index (κ1) is 19.8. The maximum absolute atomic E-state index is 12.6. The number of anilines is 3. The average Bonchev–Trinajstić information content (AvgIpc) is 3.28. The van der Waals surface area contributed by atoms with Gasteiger partial charge in [0.05, 0.1) is 18.5 Å². The summed E-state index contributed by atoms with van der Waals surface area (Å²) in [6, 6.07) is 6.47. The lowest BCUT2D eigenvalue weighted by molar-refractivity contribution is -0.0512. The molecule has 0 saturated heterocycles. The van der Waals surface area contributed by atoms with Crippen molar-refractivity contribution >= 4 is 22.8 Å². The molecule has 1 aromatic carbocycles. The number of hydrogen-bond acceptors (Lipinski definition) is 8. The van der Waals surface area contributed by atoms with Crippen LogP contribution in [0.4, 0.5) is 26.0 Å². The van der Waals surface area contributed by atoms with E-state index in [2.05, 4.69) is 25.3 Å². The van der Waals surface area contributed by atoms with Crippen molar-refractivity contribution in [2.45, 2.75) is 6.61 Å². The molecule has 0 radical (unpaired) electrons. The fourth-order valence-corrected chi connectivity index (χ4v) is 3.40. The number of ether oxygens (including phenoxy) is 3. The first-order valence-electron chi connectivity index (χ1n) is 9.71. The van der Waals surface area contributed by atoms with E-state index in [9.17, 15) is 8.78 Å². The summed E-state index contributed by atoms with van der Waals surface area (Å²) in [7, 11) is 1.38. The van der Waals surface area contributed by atoms with E-state index in [1.807, 2.05) is 16.7 Å². The van der Waals surface area contributed by atoms with Crippen LogP contribution in [-0.2, 0) is 0 Å². The fraction of sp³-hybridized carbons (Fsp3) is 0.190. The Labute approximate surface area is 181 Å². The summed E-state index contributed by atoms with van der Waals surface area (Å²) in [5.41, 5.74) is 3.41. The number of hydrogen-bond donors (Lipinski definition) is 2. The molecule has 32 heavy (non-hydrogen) atoms. The Kier molecular flexibility index (Phi) is 5.06. The molecule has 4 heterocycles. The molecule has 0 spiro atoms. The van der Waals surface area contributed by atoms with Gasteiger partial charge in [0.15, 0.2) is 23.0 Å². The lowest BCUT2D eigenvalue weighted by Gasteiger charge is -2.18. The van der Waals surface area contributed by atoms with E-state index in [0.29, 0.717) is 41.9 Å². The third kappa shape index (κ3) is 3.80. The summed E-state index contributed by atoms with van der Waals surface area (Å²) >= 11 is 0. The van der Waals surface area contributed by atoms with Gasteiger partial charge < -0.3 is 29.2 Å². The highest BCUT2D eigenvalue weighted by atomic mass is 19.3. The molecule has 5 rings (SSSR count). The van der Waals surface area contributed by atoms with Crippen LogP contribution in [0.5, 0.6) is 17.4 Å². The number of nitrogens with one attached hydrogen (secondary N) is 2. The van der Waals surface area contributed by atoms with Gasteiger partial charge in [-0.1, -0.05) is 0 Å². The molecule has 9 nitrogen and oxygen atoms in total. The second-order valence-corrected chi connectivity index (χ2v) is 6.85. The van der Waals surface area contributed by atoms with E-state index in [1.165, 1.54) is 13.2 Å². The summed E-state index contributed by atoms with van der Waals surface area (Å²) in [6.07, 6.45) is 7.01. The van der Waals surface area contributed by atoms with Crippen molar-refractivity contribution in [3.8, 4) is 28.6 Å². The second kappa shape index (κ2) is 8.17. The number of alkyl halides is 2. The summed E-state index contributed by atoms with van der Waals surface area (Å²) in [6.45, 7) is -1.68. The highest BCUT2D eigenvalue weighted by Gasteiger charge is 2.16. The smallest absolute Gasteiger partial charge is 0.387 e. The number of aromatic nitrogens is 4. The van der Waals surface area contributed by atoms with E-state index < -0.39 is 6.61 Å². The zero-order valence-electron chi connectivity index (χ0n) is 16.9. The number of pyridine rings is 1. The first-order chi connectivity index (χ1) is 15.6. The van der Waals surface area contributed by atoms with Gasteiger partial charge in [-0.05, 0) is 18.2 Å². The van der Waals surface area contributed by atoms with Crippen molar-refractivity contribution in [1.82, 2.24) is 19.4 Å². The van der Waals surface area contributed by atoms with Gasteiger partial charge in [-0.3, -0.25) is 0 Å². The minimum atomic E-state index is -2.95. The van der Waals surface area contributed by atoms with Gasteiger partial charge in [-0.25, -0.2) is 15.0 Å². The van der Waals surface area contributed by atoms with Crippen LogP contribution in [0.1, 0.15) is 0 Å². The number of benzene rings is 1. The quantitative estimate of drug-likeness (QED) is 0.466. The van der Waals surface area contributed by atoms with Crippen LogP contribution >= 0.6 is 0 Å². The number of halogens is 2. The van der Waals surface area contributed by atoms with Gasteiger partial charge in [0.25, 0.3) is 0 Å². The molecule has 0 aliphatic carbocycles. The number of imidazole rings is 1. The molecule has 3 aromatic heterocycles. The maximum atomic E-state index is 12.6. The first-order valence-corrected chi connectivity index (χ1v) is 9.71. The Morgan fingerprint density at radius 2 is 2.12 bits per heavy atom. The zero-order valence-corrected chi connectivity index (χ0v) is 16.9. The molecule has 11 heteroatoms. The molecule has 2 N–H and O–H groups in total. The SMILES string of the molecule is COc1cc(Nc2nc(-c3cnc4c(c3)NCCO4)cn3ccnc23)ccc1OC(F)F. The highest BCUT2D eigenvalue weighted by molar-refractivity contribution is 5.75. The van der Waals surface area contributed by atoms with Crippen LogP contribution in [0.15, 0.2) is 49.1 Å². The van der Waals surface area contributed by atoms with Gasteiger partial charge in [0.2, 0.25) is 5.88 Å². The van der Waals surface area contributed by atoms with E-state index in [1.54, 1.807) is 30.7 Å². The molecule has 1 aliphatic heterocycles. The average molecular weight is 440 g/mol. The number of nitrogens with zero attached hydrogens (tertiary/aromatic N) is 4. The predicted octanol–water partition coefficient (Wildman–Crippen LogP) is 3.95. The standard InChI is InChI=1S/C21H18F2N6O3/c1-30-17-9-13(2-3-16(17)32-21(22)23)27-18-19-25-4-6-29(19)11-15(28-18)12-8-14-20(26-10-12)31-7-5-24-14/h2-4,6,8-11,21,24H,5,7H2,1H3,(H,27,28). The van der Waals surface area contributed by atoms with Crippen LogP contribution in [0.2, 0.25) is 0 Å². The largest absolute Gasteiger partial charge is 0.493 e. The fourth-order valence-electron chi connectivity index (χ4n) is 3.40. The number of rotatable bonds is 6. The molecule has 0 atom stereocenters. The minimum absolute atomic E-state index is 0.0597. The van der Waals surface area contributed by atoms with E-state index in [-0.39, 0.29) is 11.5 Å². The van der Waals surface area contributed by atoms with Crippen molar-refractivity contribution in [1.29, 1.82) is 0 Å². The Balaban J connectivity index is 1.52. The molecule has 164 valence electrons. The predicted molar refractivity (Wildman–Crippen MR) is 113 cm³/mol. The van der Waals surface area contributed by atoms with Crippen LogP contribution in [-0.4, -0.2) is 46.2 Å². The molecule has 0 bridgehead atoms. The van der Waals surface area contributed by atoms with Crippen LogP contribution in [0.3, 0.4) is 0 Å². The normalized spacial score (nSPS) is 12.8. The summed E-state index contributed by atoms with van der Waals surface area (Å²) in [5, 5.41) is 6.44. The molecule has 1 aliphatic rings. The summed E-state index contributed by atoms with van der Waals surface area (Å²) in [4.78, 5) is 13.4. The van der Waals surface area contributed by atoms with Gasteiger partial charge in [-0.2, -0.15) is 8.78 Å². The van der Waals surface area contributed by atoms with Crippen molar-refractivity contribution in [2.24, 2.45) is 0 Å². The van der Waals surface area contributed by atoms with E-state index in [4.69, 9.17) is 14.5 Å². The summed E-state index contributed by atoms with van der Waals surface area (Å²) in [5.74, 6) is 1.13. The lowest BCUT2D eigenvalue weighted by Crippen LogP contribution is -2.18. The Bertz CT molecular complexity index is 1280. The molecule has 0 unspecified atom stereocenters. The molecular weight excluding hydrogens is 422 g/mol. The van der Waals surface area contributed by atoms with Crippen molar-refractivity contribution < 1.29 is 23.0 Å². The van der Waals surface area contributed by atoms with Gasteiger partial charge in [0.1, 0.15) is 6.61 Å². The van der Waals surface area contributed by atoms with Crippen LogP contribution < -0.4 is 24.8 Å². The van der Waals surface area contributed by atoms with E-state index >= 15 is 0 Å². The maximum Gasteiger partial charge on any atom is 0.387 e. The Hall–Kier alpha value is -4.15. The van der Waals surface area contributed by atoms with Crippen molar-refractivity contribution in [3.63, 3.8) is 0 Å². The molecule has 0 saturated carbocycles. The highest BCUT2D eigenvalue weighted by Crippen LogP contribution is 2.34. The van der Waals surface area contributed by atoms with Crippen LogP contribution in [0.25, 0.3) is 16.9 Å². The molecule has 0 amide bonds. The molecular formula is C21H18F2N6O3. The number of fused-ring (bicyclic) bond motifs is 2. The Morgan fingerprint density at radius 3 is 2.97 bits per heavy atom. The van der Waals surface area contributed by atoms with Crippen molar-refractivity contribution in [2.75, 3.05) is 30.9 Å². The Morgan fingerprint density at radius 1 is 1.22 bits per heavy atom. The lowest BCUT2D eigenvalue weighted by atomic mass is 10.2. The van der Waals surface area contributed by atoms with E-state index in [0.717, 1.165) is 11.3 Å². The number of methoxy groups -OCH3 is 1. The van der Waals surface area contributed by atoms with Crippen molar-refractivity contribution in [3.05, 3.63) is 49.1 Å². The molecule has 0 fully saturated rings. The zero-order chi connectivity index (χ0) is 22.1. The third-order valence-electron chi connectivity index (χ3n) is 4.82. The third-order valence-corrected chi connectivity index (χ3v) is 4.82. The van der Waals surface area contributed by atoms with Gasteiger partial charge in [-0.15, -0.1) is 0 Å². The summed E-state index contributed by atoms with van der Waals surface area (Å²) < 4.78 is 42.2. The molecule has 4 aromatic rings. The monoisotopic (exact) mass is 440 g/mol. The van der Waals surface area contributed by atoms with Gasteiger partial charge >= 0.3 is 6.61 Å². The van der Waals surface area contributed by atoms with Gasteiger partial charge in [0, 0.05) is 48.6 Å². The second-order valence-electron chi connectivity index (χ2n) is 6.85. The minimum Gasteiger partial charge on any atom is -0.493 e. The van der Waals surface area contributed by atoms with Crippen LogP contribution in [0, 0.1) is 0 Å².